The molecule has 1 N–H and O–H groups in total. The van der Waals surface area contributed by atoms with Crippen LogP contribution in [-0.4, -0.2) is 21.7 Å². The highest BCUT2D eigenvalue weighted by atomic mass is 35.5. The van der Waals surface area contributed by atoms with Crippen LogP contribution < -0.4 is 11.0 Å². The Labute approximate surface area is 189 Å². The monoisotopic (exact) mass is 474 g/mol. The van der Waals surface area contributed by atoms with Crippen molar-refractivity contribution in [1.29, 1.82) is 0 Å². The molecule has 0 fully saturated rings. The number of carbonyl (C=O) groups excluding carboxylic acids is 1. The van der Waals surface area contributed by atoms with Gasteiger partial charge in [0.25, 0.3) is 11.5 Å². The Morgan fingerprint density at radius 1 is 1.23 bits per heavy atom. The molecule has 0 bridgehead atoms. The van der Waals surface area contributed by atoms with E-state index in [1.807, 2.05) is 17.5 Å². The fraction of sp³-hybridized carbons (Fsp3) is 0.0476. The molecule has 6 nitrogen and oxygen atoms in total. The van der Waals surface area contributed by atoms with Gasteiger partial charge in [-0.2, -0.15) is 5.10 Å². The largest absolute Gasteiger partial charge is 0.289 e. The average Bonchev–Trinajstić information content (AvgIpc) is 3.18. The zero-order valence-corrected chi connectivity index (χ0v) is 18.0. The number of nitrogens with zero attached hydrogens (tertiary/aromatic N) is 3. The molecule has 2 aromatic heterocycles. The van der Waals surface area contributed by atoms with Crippen LogP contribution in [0.15, 0.2) is 64.1 Å². The molecule has 0 radical (unpaired) electrons. The second-order valence-corrected chi connectivity index (χ2v) is 8.18. The zero-order chi connectivity index (χ0) is 22.0. The smallest absolute Gasteiger partial charge is 0.263 e. The third-order valence-corrected chi connectivity index (χ3v) is 5.82. The maximum absolute atomic E-state index is 13.4. The quantitative estimate of drug-likeness (QED) is 0.335. The molecule has 0 saturated heterocycles. The molecule has 4 rings (SSSR count). The van der Waals surface area contributed by atoms with Gasteiger partial charge in [-0.3, -0.25) is 14.2 Å². The number of nitrogens with one attached hydrogen (secondary N) is 1. The average molecular weight is 475 g/mol. The molecule has 0 atom stereocenters. The molecule has 2 heterocycles. The Kier molecular flexibility index (Phi) is 6.13. The van der Waals surface area contributed by atoms with Crippen LogP contribution in [0.2, 0.25) is 10.0 Å². The van der Waals surface area contributed by atoms with Crippen LogP contribution >= 0.6 is 34.5 Å². The third-order valence-electron chi connectivity index (χ3n) is 4.38. The van der Waals surface area contributed by atoms with Crippen molar-refractivity contribution in [3.63, 3.8) is 0 Å². The van der Waals surface area contributed by atoms with Crippen LogP contribution in [0.5, 0.6) is 0 Å². The predicted octanol–water partition coefficient (Wildman–Crippen LogP) is 4.72. The lowest BCUT2D eigenvalue weighted by Gasteiger charge is -2.05. The van der Waals surface area contributed by atoms with Gasteiger partial charge in [0.15, 0.2) is 0 Å². The standard InChI is InChI=1S/C21H13Cl2FN4O2S/c22-14-4-2-13(3-5-14)15-10-31-20-19(15)21(30)28(11-25-20)9-18(29)27-26-8-12-1-6-16(23)17(24)7-12/h1-8,10-11H,9H2,(H,27,29)/b26-8+. The number of fused-ring (bicyclic) bond motifs is 1. The number of benzene rings is 2. The zero-order valence-electron chi connectivity index (χ0n) is 15.7. The molecule has 1 amide bonds. The van der Waals surface area contributed by atoms with E-state index in [1.165, 1.54) is 40.6 Å². The lowest BCUT2D eigenvalue weighted by molar-refractivity contribution is -0.121. The van der Waals surface area contributed by atoms with Gasteiger partial charge in [0.05, 0.1) is 23.0 Å². The molecule has 0 saturated carbocycles. The Bertz CT molecular complexity index is 1370. The molecule has 156 valence electrons. The van der Waals surface area contributed by atoms with Crippen molar-refractivity contribution in [2.24, 2.45) is 5.10 Å². The molecule has 0 aliphatic heterocycles. The topological polar surface area (TPSA) is 76.3 Å². The van der Waals surface area contributed by atoms with E-state index in [0.29, 0.717) is 20.8 Å². The minimum atomic E-state index is -0.588. The number of hydrazone groups is 1. The minimum Gasteiger partial charge on any atom is -0.289 e. The maximum Gasteiger partial charge on any atom is 0.263 e. The van der Waals surface area contributed by atoms with Crippen LogP contribution in [-0.2, 0) is 11.3 Å². The fourth-order valence-corrected chi connectivity index (χ4v) is 4.03. The number of thiophene rings is 1. The van der Waals surface area contributed by atoms with E-state index in [4.69, 9.17) is 23.2 Å². The van der Waals surface area contributed by atoms with E-state index in [-0.39, 0.29) is 17.1 Å². The summed E-state index contributed by atoms with van der Waals surface area (Å²) in [5, 5.41) is 6.66. The normalized spacial score (nSPS) is 11.3. The molecule has 2 aromatic carbocycles. The first kappa shape index (κ1) is 21.2. The van der Waals surface area contributed by atoms with E-state index in [1.54, 1.807) is 18.2 Å². The van der Waals surface area contributed by atoms with Gasteiger partial charge in [-0.1, -0.05) is 41.4 Å². The van der Waals surface area contributed by atoms with Gasteiger partial charge in [-0.25, -0.2) is 14.8 Å². The van der Waals surface area contributed by atoms with Gasteiger partial charge >= 0.3 is 0 Å². The Balaban J connectivity index is 1.53. The van der Waals surface area contributed by atoms with E-state index < -0.39 is 11.7 Å². The van der Waals surface area contributed by atoms with Crippen LogP contribution in [0, 0.1) is 5.82 Å². The summed E-state index contributed by atoms with van der Waals surface area (Å²) in [5.74, 6) is -1.12. The van der Waals surface area contributed by atoms with E-state index >= 15 is 0 Å². The first-order chi connectivity index (χ1) is 14.9. The fourth-order valence-electron chi connectivity index (χ4n) is 2.88. The summed E-state index contributed by atoms with van der Waals surface area (Å²) in [6, 6.07) is 11.3. The number of amides is 1. The molecule has 0 spiro atoms. The van der Waals surface area contributed by atoms with E-state index in [9.17, 15) is 14.0 Å². The van der Waals surface area contributed by atoms with Crippen molar-refractivity contribution >= 4 is 56.9 Å². The van der Waals surface area contributed by atoms with Crippen molar-refractivity contribution in [1.82, 2.24) is 15.0 Å². The van der Waals surface area contributed by atoms with Crippen molar-refractivity contribution in [3.05, 3.63) is 86.0 Å². The summed E-state index contributed by atoms with van der Waals surface area (Å²) in [5.41, 5.74) is 3.96. The first-order valence-electron chi connectivity index (χ1n) is 8.92. The number of halogens is 3. The second kappa shape index (κ2) is 8.97. The highest BCUT2D eigenvalue weighted by molar-refractivity contribution is 7.17. The summed E-state index contributed by atoms with van der Waals surface area (Å²) in [7, 11) is 0. The number of hydrogen-bond acceptors (Lipinski definition) is 5. The summed E-state index contributed by atoms with van der Waals surface area (Å²) in [4.78, 5) is 30.1. The highest BCUT2D eigenvalue weighted by Gasteiger charge is 2.14. The molecule has 31 heavy (non-hydrogen) atoms. The van der Waals surface area contributed by atoms with Gasteiger partial charge in [-0.15, -0.1) is 11.3 Å². The number of rotatable bonds is 5. The highest BCUT2D eigenvalue weighted by Crippen LogP contribution is 2.31. The third kappa shape index (κ3) is 4.66. The van der Waals surface area contributed by atoms with Crippen molar-refractivity contribution < 1.29 is 9.18 Å². The number of carbonyl (C=O) groups is 1. The van der Waals surface area contributed by atoms with Gasteiger partial charge in [0.1, 0.15) is 17.2 Å². The summed E-state index contributed by atoms with van der Waals surface area (Å²) >= 11 is 12.9. The van der Waals surface area contributed by atoms with Crippen molar-refractivity contribution in [2.45, 2.75) is 6.54 Å². The number of hydrogen-bond donors (Lipinski definition) is 1. The summed E-state index contributed by atoms with van der Waals surface area (Å²) in [6.45, 7) is -0.274. The van der Waals surface area contributed by atoms with Crippen LogP contribution in [0.3, 0.4) is 0 Å². The number of aromatic nitrogens is 2. The minimum absolute atomic E-state index is 0.00477. The lowest BCUT2D eigenvalue weighted by Crippen LogP contribution is -2.30. The molecule has 0 aliphatic carbocycles. The molecular weight excluding hydrogens is 462 g/mol. The Morgan fingerprint density at radius 3 is 2.74 bits per heavy atom. The van der Waals surface area contributed by atoms with Crippen LogP contribution in [0.25, 0.3) is 21.3 Å². The van der Waals surface area contributed by atoms with Gasteiger partial charge in [-0.05, 0) is 35.4 Å². The molecule has 0 unspecified atom stereocenters. The van der Waals surface area contributed by atoms with Crippen LogP contribution in [0.4, 0.5) is 4.39 Å². The van der Waals surface area contributed by atoms with Gasteiger partial charge < -0.3 is 0 Å². The first-order valence-corrected chi connectivity index (χ1v) is 10.6. The molecular formula is C21H13Cl2FN4O2S. The SMILES string of the molecule is O=C(Cn1cnc2scc(-c3ccc(Cl)cc3)c2c1=O)N/N=C/c1ccc(Cl)c(F)c1. The molecule has 0 aliphatic rings. The van der Waals surface area contributed by atoms with Crippen molar-refractivity contribution in [3.8, 4) is 11.1 Å². The molecule has 4 aromatic rings. The Hall–Kier alpha value is -3.07. The van der Waals surface area contributed by atoms with E-state index in [0.717, 1.165) is 11.1 Å². The van der Waals surface area contributed by atoms with Gasteiger partial charge in [0, 0.05) is 16.0 Å². The van der Waals surface area contributed by atoms with Gasteiger partial charge in [0.2, 0.25) is 0 Å². The van der Waals surface area contributed by atoms with E-state index in [2.05, 4.69) is 15.5 Å². The predicted molar refractivity (Wildman–Crippen MR) is 121 cm³/mol. The summed E-state index contributed by atoms with van der Waals surface area (Å²) < 4.78 is 14.7. The lowest BCUT2D eigenvalue weighted by atomic mass is 10.1. The summed E-state index contributed by atoms with van der Waals surface area (Å²) in [6.07, 6.45) is 2.60. The van der Waals surface area contributed by atoms with Crippen molar-refractivity contribution in [2.75, 3.05) is 0 Å². The second-order valence-electron chi connectivity index (χ2n) is 6.48. The Morgan fingerprint density at radius 2 is 2.00 bits per heavy atom. The van der Waals surface area contributed by atoms with Crippen LogP contribution in [0.1, 0.15) is 5.56 Å². The molecule has 10 heteroatoms. The maximum atomic E-state index is 13.4.